The van der Waals surface area contributed by atoms with Gasteiger partial charge in [-0.05, 0) is 23.1 Å². The van der Waals surface area contributed by atoms with E-state index in [1.807, 2.05) is 0 Å². The van der Waals surface area contributed by atoms with Crippen LogP contribution in [0.5, 0.6) is 0 Å². The third-order valence-electron chi connectivity index (χ3n) is 1.22. The molecule has 0 aromatic carbocycles. The van der Waals surface area contributed by atoms with Crippen LogP contribution in [-0.2, 0) is 7.05 Å². The highest BCUT2D eigenvalue weighted by atomic mass is 35.5. The zero-order valence-electron chi connectivity index (χ0n) is 6.10. The molecule has 0 N–H and O–H groups in total. The van der Waals surface area contributed by atoms with Crippen molar-refractivity contribution >= 4 is 23.1 Å². The van der Waals surface area contributed by atoms with Crippen LogP contribution in [0, 0.1) is 0 Å². The first-order valence-corrected chi connectivity index (χ1v) is 4.27. The predicted molar refractivity (Wildman–Crippen MR) is 44.9 cm³/mol. The second kappa shape index (κ2) is 2.80. The summed E-state index contributed by atoms with van der Waals surface area (Å²) in [6, 6.07) is 0. The molecule has 0 bridgehead atoms. The van der Waals surface area contributed by atoms with E-state index >= 15 is 0 Å². The first-order chi connectivity index (χ1) is 5.75. The van der Waals surface area contributed by atoms with Crippen molar-refractivity contribution in [2.45, 2.75) is 0 Å². The van der Waals surface area contributed by atoms with Crippen molar-refractivity contribution in [3.8, 4) is 10.7 Å². The van der Waals surface area contributed by atoms with Gasteiger partial charge < -0.3 is 0 Å². The number of aryl methyl sites for hydroxylation is 1. The molecule has 2 rings (SSSR count). The quantitative estimate of drug-likeness (QED) is 0.691. The van der Waals surface area contributed by atoms with Crippen molar-refractivity contribution in [1.29, 1.82) is 0 Å². The van der Waals surface area contributed by atoms with Crippen LogP contribution >= 0.6 is 23.1 Å². The Balaban J connectivity index is 2.43. The van der Waals surface area contributed by atoms with E-state index in [0.29, 0.717) is 10.7 Å². The molecule has 0 saturated carbocycles. The summed E-state index contributed by atoms with van der Waals surface area (Å²) in [6.07, 6.45) is 1.76. The third kappa shape index (κ3) is 1.30. The number of hydrogen-bond donors (Lipinski definition) is 0. The summed E-state index contributed by atoms with van der Waals surface area (Å²) >= 11 is 6.76. The van der Waals surface area contributed by atoms with E-state index in [1.165, 1.54) is 11.5 Å². The Kier molecular flexibility index (Phi) is 1.78. The van der Waals surface area contributed by atoms with Gasteiger partial charge in [0.2, 0.25) is 5.28 Å². The molecule has 0 spiro atoms. The maximum absolute atomic E-state index is 5.55. The molecule has 2 aromatic heterocycles. The molecule has 0 aliphatic rings. The molecule has 2 heterocycles. The molecule has 2 aromatic rings. The molecule has 0 radical (unpaired) electrons. The fourth-order valence-electron chi connectivity index (χ4n) is 0.755. The zero-order chi connectivity index (χ0) is 8.55. The minimum atomic E-state index is 0.251. The molecule has 5 nitrogen and oxygen atoms in total. The average molecular weight is 202 g/mol. The monoisotopic (exact) mass is 201 g/mol. The lowest BCUT2D eigenvalue weighted by atomic mass is 10.5. The molecule has 0 atom stereocenters. The molecule has 62 valence electrons. The van der Waals surface area contributed by atoms with Crippen LogP contribution < -0.4 is 0 Å². The Hall–Kier alpha value is -1.01. The maximum Gasteiger partial charge on any atom is 0.234 e. The van der Waals surface area contributed by atoms with Crippen molar-refractivity contribution < 1.29 is 0 Å². The molecule has 0 fully saturated rings. The number of halogens is 1. The third-order valence-corrected chi connectivity index (χ3v) is 2.23. The van der Waals surface area contributed by atoms with Crippen LogP contribution in [0.2, 0.25) is 5.28 Å². The van der Waals surface area contributed by atoms with Crippen molar-refractivity contribution in [2.24, 2.45) is 7.05 Å². The van der Waals surface area contributed by atoms with Crippen molar-refractivity contribution in [1.82, 2.24) is 24.4 Å². The van der Waals surface area contributed by atoms with Gasteiger partial charge in [-0.2, -0.15) is 4.37 Å². The first kappa shape index (κ1) is 7.63. The van der Waals surface area contributed by atoms with Crippen LogP contribution in [0.25, 0.3) is 10.7 Å². The lowest BCUT2D eigenvalue weighted by Gasteiger charge is -1.80. The lowest BCUT2D eigenvalue weighted by molar-refractivity contribution is 0.715. The van der Waals surface area contributed by atoms with Gasteiger partial charge in [0, 0.05) is 7.05 Å². The standard InChI is InChI=1S/C5H4ClN5S/c1-11-2-3(8-10-11)4-7-5(6)9-12-4/h2H,1H3. The number of nitrogens with zero attached hydrogens (tertiary/aromatic N) is 5. The normalized spacial score (nSPS) is 10.5. The number of hydrogen-bond acceptors (Lipinski definition) is 5. The van der Waals surface area contributed by atoms with Crippen LogP contribution in [0.15, 0.2) is 6.20 Å². The second-order valence-corrected chi connectivity index (χ2v) is 3.24. The first-order valence-electron chi connectivity index (χ1n) is 3.11. The van der Waals surface area contributed by atoms with Crippen molar-refractivity contribution in [2.75, 3.05) is 0 Å². The van der Waals surface area contributed by atoms with Gasteiger partial charge in [-0.3, -0.25) is 4.68 Å². The summed E-state index contributed by atoms with van der Waals surface area (Å²) < 4.78 is 5.42. The molecule has 0 saturated heterocycles. The Labute approximate surface area is 77.2 Å². The van der Waals surface area contributed by atoms with E-state index in [0.717, 1.165) is 0 Å². The second-order valence-electron chi connectivity index (χ2n) is 2.15. The topological polar surface area (TPSA) is 56.5 Å². The lowest BCUT2D eigenvalue weighted by Crippen LogP contribution is -1.85. The van der Waals surface area contributed by atoms with E-state index in [2.05, 4.69) is 19.7 Å². The van der Waals surface area contributed by atoms with Crippen LogP contribution in [0.1, 0.15) is 0 Å². The molecule has 7 heteroatoms. The SMILES string of the molecule is Cn1cc(-c2nc(Cl)ns2)nn1. The molecular weight excluding hydrogens is 198 g/mol. The fourth-order valence-corrected chi connectivity index (χ4v) is 1.51. The molecule has 0 amide bonds. The van der Waals surface area contributed by atoms with E-state index < -0.39 is 0 Å². The van der Waals surface area contributed by atoms with Crippen LogP contribution in [0.4, 0.5) is 0 Å². The Morgan fingerprint density at radius 1 is 1.58 bits per heavy atom. The molecule has 0 unspecified atom stereocenters. The highest BCUT2D eigenvalue weighted by molar-refractivity contribution is 7.09. The van der Waals surface area contributed by atoms with Gasteiger partial charge in [-0.1, -0.05) is 5.21 Å². The molecule has 12 heavy (non-hydrogen) atoms. The van der Waals surface area contributed by atoms with Crippen LogP contribution in [0.3, 0.4) is 0 Å². The van der Waals surface area contributed by atoms with Crippen LogP contribution in [-0.4, -0.2) is 24.4 Å². The highest BCUT2D eigenvalue weighted by Crippen LogP contribution is 2.19. The molecular formula is C5H4ClN5S. The maximum atomic E-state index is 5.55. The van der Waals surface area contributed by atoms with Crippen molar-refractivity contribution in [3.05, 3.63) is 11.5 Å². The van der Waals surface area contributed by atoms with Gasteiger partial charge in [0.25, 0.3) is 0 Å². The fraction of sp³-hybridized carbons (Fsp3) is 0.200. The van der Waals surface area contributed by atoms with Gasteiger partial charge in [-0.25, -0.2) is 4.98 Å². The Morgan fingerprint density at radius 3 is 2.92 bits per heavy atom. The van der Waals surface area contributed by atoms with Crippen molar-refractivity contribution in [3.63, 3.8) is 0 Å². The number of aromatic nitrogens is 5. The zero-order valence-corrected chi connectivity index (χ0v) is 7.67. The average Bonchev–Trinajstić information content (AvgIpc) is 2.58. The number of rotatable bonds is 1. The summed E-state index contributed by atoms with van der Waals surface area (Å²) in [5.74, 6) is 0. The smallest absolute Gasteiger partial charge is 0.234 e. The van der Waals surface area contributed by atoms with E-state index in [9.17, 15) is 0 Å². The summed E-state index contributed by atoms with van der Waals surface area (Å²) in [7, 11) is 1.79. The van der Waals surface area contributed by atoms with Gasteiger partial charge in [0.05, 0.1) is 6.20 Å². The van der Waals surface area contributed by atoms with Gasteiger partial charge in [0.15, 0.2) is 5.01 Å². The Morgan fingerprint density at radius 2 is 2.42 bits per heavy atom. The molecule has 0 aliphatic carbocycles. The minimum Gasteiger partial charge on any atom is -0.255 e. The minimum absolute atomic E-state index is 0.251. The summed E-state index contributed by atoms with van der Waals surface area (Å²) in [5.41, 5.74) is 0.696. The largest absolute Gasteiger partial charge is 0.255 e. The summed E-state index contributed by atoms with van der Waals surface area (Å²) in [6.45, 7) is 0. The molecule has 0 aliphatic heterocycles. The predicted octanol–water partition coefficient (Wildman–Crippen LogP) is 0.987. The van der Waals surface area contributed by atoms with E-state index in [1.54, 1.807) is 17.9 Å². The Bertz CT molecular complexity index is 356. The highest BCUT2D eigenvalue weighted by Gasteiger charge is 2.07. The van der Waals surface area contributed by atoms with Gasteiger partial charge >= 0.3 is 0 Å². The van der Waals surface area contributed by atoms with E-state index in [-0.39, 0.29) is 5.28 Å². The summed E-state index contributed by atoms with van der Waals surface area (Å²) in [5, 5.41) is 8.56. The summed E-state index contributed by atoms with van der Waals surface area (Å²) in [4.78, 5) is 3.95. The van der Waals surface area contributed by atoms with Gasteiger partial charge in [-0.15, -0.1) is 5.10 Å². The van der Waals surface area contributed by atoms with E-state index in [4.69, 9.17) is 11.6 Å². The van der Waals surface area contributed by atoms with Gasteiger partial charge in [0.1, 0.15) is 5.69 Å².